The Hall–Kier alpha value is -2.37. The predicted octanol–water partition coefficient (Wildman–Crippen LogP) is 3.68. The van der Waals surface area contributed by atoms with Crippen LogP contribution in [0.5, 0.6) is 0 Å². The lowest BCUT2D eigenvalue weighted by molar-refractivity contribution is -0.0893. The highest BCUT2D eigenvalue weighted by atomic mass is 16.5. The first-order chi connectivity index (χ1) is 12.3. The Balaban J connectivity index is 1.79. The molecular weight excluding hydrogens is 325 g/mol. The van der Waals surface area contributed by atoms with Crippen LogP contribution in [0.1, 0.15) is 27.7 Å². The van der Waals surface area contributed by atoms with Gasteiger partial charge in [0.1, 0.15) is 5.58 Å². The highest BCUT2D eigenvalue weighted by molar-refractivity contribution is 6.47. The van der Waals surface area contributed by atoms with E-state index in [0.717, 1.165) is 27.2 Å². The summed E-state index contributed by atoms with van der Waals surface area (Å²) in [6, 6.07) is 14.4. The molecule has 2 aromatic carbocycles. The van der Waals surface area contributed by atoms with E-state index in [0.29, 0.717) is 13.2 Å². The number of fused-ring (bicyclic) bond motifs is 5. The third-order valence-corrected chi connectivity index (χ3v) is 5.35. The van der Waals surface area contributed by atoms with E-state index in [4.69, 9.17) is 9.07 Å². The van der Waals surface area contributed by atoms with Crippen LogP contribution in [-0.4, -0.2) is 28.8 Å². The molecule has 5 heteroatoms. The average Bonchev–Trinajstić information content (AvgIpc) is 2.97. The van der Waals surface area contributed by atoms with Crippen LogP contribution in [0.2, 0.25) is 0 Å². The second-order valence-corrected chi connectivity index (χ2v) is 7.82. The molecule has 0 bridgehead atoms. The first kappa shape index (κ1) is 17.1. The SMILES string of the molecule is CC(C)(O)C(C)(C)OBc1cnc2oc3ccc4ccccc4c3c2c1. The fourth-order valence-electron chi connectivity index (χ4n) is 2.99. The summed E-state index contributed by atoms with van der Waals surface area (Å²) >= 11 is 0. The van der Waals surface area contributed by atoms with Gasteiger partial charge in [0.2, 0.25) is 5.71 Å². The Labute approximate surface area is 153 Å². The van der Waals surface area contributed by atoms with Gasteiger partial charge in [-0.2, -0.15) is 0 Å². The zero-order valence-electron chi connectivity index (χ0n) is 15.5. The molecule has 0 spiro atoms. The second kappa shape index (κ2) is 5.83. The number of aliphatic hydroxyl groups is 1. The van der Waals surface area contributed by atoms with Crippen LogP contribution in [-0.2, 0) is 4.65 Å². The summed E-state index contributed by atoms with van der Waals surface area (Å²) < 4.78 is 11.9. The number of benzene rings is 2. The summed E-state index contributed by atoms with van der Waals surface area (Å²) in [6.45, 7) is 7.29. The number of furan rings is 1. The Morgan fingerprint density at radius 2 is 1.81 bits per heavy atom. The lowest BCUT2D eigenvalue weighted by atomic mass is 9.83. The maximum absolute atomic E-state index is 10.3. The molecule has 26 heavy (non-hydrogen) atoms. The van der Waals surface area contributed by atoms with E-state index in [9.17, 15) is 5.11 Å². The van der Waals surface area contributed by atoms with Crippen LogP contribution >= 0.6 is 0 Å². The fraction of sp³-hybridized carbons (Fsp3) is 0.286. The van der Waals surface area contributed by atoms with Crippen LogP contribution in [0.15, 0.2) is 53.1 Å². The van der Waals surface area contributed by atoms with Crippen molar-refractivity contribution >= 4 is 45.8 Å². The number of aromatic nitrogens is 1. The Bertz CT molecular complexity index is 1110. The van der Waals surface area contributed by atoms with E-state index in [2.05, 4.69) is 29.2 Å². The number of pyridine rings is 1. The molecule has 0 aliphatic carbocycles. The predicted molar refractivity (Wildman–Crippen MR) is 107 cm³/mol. The Morgan fingerprint density at radius 3 is 2.58 bits per heavy atom. The van der Waals surface area contributed by atoms with Crippen LogP contribution < -0.4 is 5.46 Å². The molecular formula is C21H22BNO3. The van der Waals surface area contributed by atoms with Crippen LogP contribution in [0.3, 0.4) is 0 Å². The number of hydrogen-bond acceptors (Lipinski definition) is 4. The maximum atomic E-state index is 10.3. The van der Waals surface area contributed by atoms with Gasteiger partial charge in [-0.15, -0.1) is 0 Å². The van der Waals surface area contributed by atoms with Crippen LogP contribution in [0.4, 0.5) is 0 Å². The first-order valence-corrected chi connectivity index (χ1v) is 8.81. The van der Waals surface area contributed by atoms with E-state index >= 15 is 0 Å². The van der Waals surface area contributed by atoms with Gasteiger partial charge >= 0.3 is 7.48 Å². The zero-order valence-corrected chi connectivity index (χ0v) is 15.5. The van der Waals surface area contributed by atoms with Gasteiger partial charge in [0.25, 0.3) is 0 Å². The topological polar surface area (TPSA) is 55.5 Å². The van der Waals surface area contributed by atoms with Gasteiger partial charge in [-0.25, -0.2) is 4.98 Å². The average molecular weight is 347 g/mol. The van der Waals surface area contributed by atoms with Gasteiger partial charge in [-0.1, -0.05) is 36.4 Å². The van der Waals surface area contributed by atoms with Gasteiger partial charge < -0.3 is 14.2 Å². The summed E-state index contributed by atoms with van der Waals surface area (Å²) in [5, 5.41) is 14.7. The number of nitrogens with zero attached hydrogens (tertiary/aromatic N) is 1. The van der Waals surface area contributed by atoms with E-state index in [-0.39, 0.29) is 0 Å². The van der Waals surface area contributed by atoms with Crippen molar-refractivity contribution in [3.63, 3.8) is 0 Å². The lowest BCUT2D eigenvalue weighted by Gasteiger charge is -2.37. The molecule has 4 rings (SSSR count). The molecule has 2 heterocycles. The Kier molecular flexibility index (Phi) is 3.83. The van der Waals surface area contributed by atoms with Crippen molar-refractivity contribution in [1.29, 1.82) is 0 Å². The second-order valence-electron chi connectivity index (χ2n) is 7.82. The van der Waals surface area contributed by atoms with Crippen molar-refractivity contribution in [1.82, 2.24) is 4.98 Å². The normalized spacial score (nSPS) is 13.0. The molecule has 2 aromatic heterocycles. The molecule has 0 fully saturated rings. The molecule has 0 radical (unpaired) electrons. The van der Waals surface area contributed by atoms with Gasteiger partial charge in [0.05, 0.1) is 11.2 Å². The molecule has 0 aliphatic heterocycles. The largest absolute Gasteiger partial charge is 0.438 e. The summed E-state index contributed by atoms with van der Waals surface area (Å²) in [5.74, 6) is 0. The van der Waals surface area contributed by atoms with Crippen molar-refractivity contribution in [2.45, 2.75) is 38.9 Å². The summed E-state index contributed by atoms with van der Waals surface area (Å²) in [6.07, 6.45) is 1.77. The van der Waals surface area contributed by atoms with Gasteiger partial charge in [0, 0.05) is 17.0 Å². The fourth-order valence-corrected chi connectivity index (χ4v) is 2.99. The maximum Gasteiger partial charge on any atom is 0.311 e. The van der Waals surface area contributed by atoms with E-state index < -0.39 is 11.2 Å². The zero-order chi connectivity index (χ0) is 18.5. The highest BCUT2D eigenvalue weighted by Gasteiger charge is 2.35. The minimum Gasteiger partial charge on any atom is -0.438 e. The summed E-state index contributed by atoms with van der Waals surface area (Å²) in [4.78, 5) is 4.48. The third kappa shape index (κ3) is 2.77. The van der Waals surface area contributed by atoms with Gasteiger partial charge in [-0.05, 0) is 50.0 Å². The highest BCUT2D eigenvalue weighted by Crippen LogP contribution is 2.33. The van der Waals surface area contributed by atoms with Crippen molar-refractivity contribution in [3.8, 4) is 0 Å². The molecule has 1 N–H and O–H groups in total. The Morgan fingerprint density at radius 1 is 1.04 bits per heavy atom. The number of rotatable bonds is 4. The molecule has 0 saturated heterocycles. The lowest BCUT2D eigenvalue weighted by Crippen LogP contribution is -2.49. The molecule has 0 saturated carbocycles. The first-order valence-electron chi connectivity index (χ1n) is 8.81. The quantitative estimate of drug-likeness (QED) is 0.572. The molecule has 0 amide bonds. The van der Waals surface area contributed by atoms with Gasteiger partial charge in [0.15, 0.2) is 0 Å². The molecule has 0 aliphatic rings. The van der Waals surface area contributed by atoms with E-state index in [1.54, 1.807) is 20.0 Å². The minimum atomic E-state index is -0.941. The van der Waals surface area contributed by atoms with Crippen LogP contribution in [0, 0.1) is 0 Å². The number of hydrogen-bond donors (Lipinski definition) is 1. The monoisotopic (exact) mass is 347 g/mol. The summed E-state index contributed by atoms with van der Waals surface area (Å²) in [7, 11) is 0.372. The molecule has 132 valence electrons. The third-order valence-electron chi connectivity index (χ3n) is 5.35. The van der Waals surface area contributed by atoms with Crippen molar-refractivity contribution in [2.75, 3.05) is 0 Å². The van der Waals surface area contributed by atoms with E-state index in [1.165, 1.54) is 5.39 Å². The van der Waals surface area contributed by atoms with E-state index in [1.807, 2.05) is 32.0 Å². The molecule has 4 nitrogen and oxygen atoms in total. The van der Waals surface area contributed by atoms with Crippen molar-refractivity contribution in [2.24, 2.45) is 0 Å². The van der Waals surface area contributed by atoms with Gasteiger partial charge in [-0.3, -0.25) is 0 Å². The van der Waals surface area contributed by atoms with Crippen LogP contribution in [0.25, 0.3) is 32.8 Å². The van der Waals surface area contributed by atoms with Crippen molar-refractivity contribution in [3.05, 3.63) is 48.7 Å². The minimum absolute atomic E-state index is 0.372. The molecule has 0 atom stereocenters. The summed E-state index contributed by atoms with van der Waals surface area (Å²) in [5.41, 5.74) is 0.796. The molecule has 4 aromatic rings. The van der Waals surface area contributed by atoms with Crippen molar-refractivity contribution < 1.29 is 14.2 Å². The standard InChI is InChI=1S/C21H22BNO3/c1-20(2,24)21(3,4)26-22-14-11-16-18-15-8-6-5-7-13(15)9-10-17(18)25-19(16)23-12-14/h5-12,22,24H,1-4H3. The molecule has 0 unspecified atom stereocenters. The smallest absolute Gasteiger partial charge is 0.311 e.